The van der Waals surface area contributed by atoms with Crippen LogP contribution in [0, 0.1) is 0 Å². The Morgan fingerprint density at radius 2 is 1.86 bits per heavy atom. The molecule has 2 amide bonds. The molecule has 2 aromatic heterocycles. The molecule has 1 N–H and O–H groups in total. The fourth-order valence-electron chi connectivity index (χ4n) is 3.35. The zero-order valence-electron chi connectivity index (χ0n) is 18.2. The standard InChI is InChI=1S/C24H18ClF3N4O2S/c1-31(14-21(33)29-15-9-10-19(25)18(12-15)24(26,27)28)23(34)17-13-32(16-6-3-2-4-7-16)30-22(17)20-8-5-11-35-20/h2-13H,14H2,1H3,(H,29,33). The highest BCUT2D eigenvalue weighted by Crippen LogP contribution is 2.36. The highest BCUT2D eigenvalue weighted by Gasteiger charge is 2.33. The number of halogens is 4. The maximum absolute atomic E-state index is 13.3. The van der Waals surface area contributed by atoms with E-state index in [4.69, 9.17) is 11.6 Å². The molecule has 2 aromatic carbocycles. The summed E-state index contributed by atoms with van der Waals surface area (Å²) < 4.78 is 40.9. The van der Waals surface area contributed by atoms with Gasteiger partial charge in [0.1, 0.15) is 5.69 Å². The highest BCUT2D eigenvalue weighted by atomic mass is 35.5. The number of carbonyl (C=O) groups is 2. The van der Waals surface area contributed by atoms with Gasteiger partial charge >= 0.3 is 6.18 Å². The summed E-state index contributed by atoms with van der Waals surface area (Å²) in [7, 11) is 1.43. The number of hydrogen-bond donors (Lipinski definition) is 1. The fourth-order valence-corrected chi connectivity index (χ4v) is 4.30. The smallest absolute Gasteiger partial charge is 0.332 e. The number of aromatic nitrogens is 2. The van der Waals surface area contributed by atoms with Gasteiger partial charge in [-0.25, -0.2) is 4.68 Å². The van der Waals surface area contributed by atoms with E-state index in [0.717, 1.165) is 22.7 Å². The summed E-state index contributed by atoms with van der Waals surface area (Å²) in [5.41, 5.74) is 0.373. The molecule has 35 heavy (non-hydrogen) atoms. The molecular formula is C24H18ClF3N4O2S. The number of likely N-dealkylation sites (N-methyl/N-ethyl adjacent to an activating group) is 1. The summed E-state index contributed by atoms with van der Waals surface area (Å²) in [5, 5.41) is 8.35. The third-order valence-corrected chi connectivity index (χ3v) is 6.21. The second kappa shape index (κ2) is 9.93. The normalized spacial score (nSPS) is 11.3. The van der Waals surface area contributed by atoms with Crippen molar-refractivity contribution in [3.8, 4) is 16.3 Å². The van der Waals surface area contributed by atoms with Crippen molar-refractivity contribution in [1.29, 1.82) is 0 Å². The van der Waals surface area contributed by atoms with E-state index in [1.54, 1.807) is 10.9 Å². The molecule has 0 saturated carbocycles. The molecule has 6 nitrogen and oxygen atoms in total. The first-order valence-electron chi connectivity index (χ1n) is 10.2. The lowest BCUT2D eigenvalue weighted by molar-refractivity contribution is -0.137. The summed E-state index contributed by atoms with van der Waals surface area (Å²) in [5.74, 6) is -1.12. The SMILES string of the molecule is CN(CC(=O)Nc1ccc(Cl)c(C(F)(F)F)c1)C(=O)c1cn(-c2ccccc2)nc1-c1cccs1. The number of para-hydroxylation sites is 1. The minimum atomic E-state index is -4.66. The van der Waals surface area contributed by atoms with E-state index in [9.17, 15) is 22.8 Å². The van der Waals surface area contributed by atoms with Gasteiger partial charge in [0.05, 0.1) is 33.3 Å². The van der Waals surface area contributed by atoms with Gasteiger partial charge in [0.25, 0.3) is 5.91 Å². The maximum atomic E-state index is 13.3. The van der Waals surface area contributed by atoms with Crippen LogP contribution in [0.3, 0.4) is 0 Å². The average Bonchev–Trinajstić information content (AvgIpc) is 3.49. The van der Waals surface area contributed by atoms with Crippen LogP contribution in [-0.4, -0.2) is 40.1 Å². The van der Waals surface area contributed by atoms with Crippen LogP contribution in [0.15, 0.2) is 72.2 Å². The molecule has 0 aliphatic carbocycles. The van der Waals surface area contributed by atoms with E-state index in [-0.39, 0.29) is 17.8 Å². The molecule has 0 bridgehead atoms. The van der Waals surface area contributed by atoms with E-state index in [1.165, 1.54) is 29.4 Å². The van der Waals surface area contributed by atoms with Crippen molar-refractivity contribution in [2.45, 2.75) is 6.18 Å². The molecule has 180 valence electrons. The summed E-state index contributed by atoms with van der Waals surface area (Å²) >= 11 is 7.04. The number of benzene rings is 2. The Morgan fingerprint density at radius 1 is 1.11 bits per heavy atom. The topological polar surface area (TPSA) is 67.2 Å². The van der Waals surface area contributed by atoms with E-state index in [0.29, 0.717) is 5.69 Å². The number of thiophene rings is 1. The maximum Gasteiger partial charge on any atom is 0.417 e. The second-order valence-electron chi connectivity index (χ2n) is 7.55. The Balaban J connectivity index is 1.54. The van der Waals surface area contributed by atoms with Crippen LogP contribution < -0.4 is 5.32 Å². The number of anilines is 1. The van der Waals surface area contributed by atoms with Gasteiger partial charge in [-0.1, -0.05) is 35.9 Å². The van der Waals surface area contributed by atoms with E-state index in [2.05, 4.69) is 10.4 Å². The van der Waals surface area contributed by atoms with Crippen LogP contribution in [-0.2, 0) is 11.0 Å². The minimum absolute atomic E-state index is 0.0799. The minimum Gasteiger partial charge on any atom is -0.332 e. The van der Waals surface area contributed by atoms with Crippen molar-refractivity contribution in [1.82, 2.24) is 14.7 Å². The number of carbonyl (C=O) groups excluding carboxylic acids is 2. The van der Waals surface area contributed by atoms with Crippen molar-refractivity contribution in [3.05, 3.63) is 88.4 Å². The Hall–Kier alpha value is -3.63. The van der Waals surface area contributed by atoms with Crippen LogP contribution >= 0.6 is 22.9 Å². The van der Waals surface area contributed by atoms with Gasteiger partial charge in [-0.2, -0.15) is 18.3 Å². The van der Waals surface area contributed by atoms with Gasteiger partial charge in [-0.15, -0.1) is 11.3 Å². The van der Waals surface area contributed by atoms with Gasteiger partial charge in [-0.05, 0) is 41.8 Å². The lowest BCUT2D eigenvalue weighted by Crippen LogP contribution is -2.35. The predicted molar refractivity (Wildman–Crippen MR) is 129 cm³/mol. The van der Waals surface area contributed by atoms with Crippen molar-refractivity contribution in [3.63, 3.8) is 0 Å². The molecule has 0 fully saturated rings. The van der Waals surface area contributed by atoms with Gasteiger partial charge in [0.2, 0.25) is 5.91 Å². The predicted octanol–water partition coefficient (Wildman–Crippen LogP) is 5.98. The molecule has 11 heteroatoms. The Kier molecular flexibility index (Phi) is 6.95. The largest absolute Gasteiger partial charge is 0.417 e. The van der Waals surface area contributed by atoms with E-state index in [1.807, 2.05) is 47.8 Å². The third-order valence-electron chi connectivity index (χ3n) is 5.00. The van der Waals surface area contributed by atoms with Gasteiger partial charge in [0, 0.05) is 18.9 Å². The number of nitrogens with one attached hydrogen (secondary N) is 1. The van der Waals surface area contributed by atoms with Crippen LogP contribution in [0.25, 0.3) is 16.3 Å². The zero-order chi connectivity index (χ0) is 25.2. The summed E-state index contributed by atoms with van der Waals surface area (Å²) in [4.78, 5) is 27.7. The van der Waals surface area contributed by atoms with Crippen LogP contribution in [0.1, 0.15) is 15.9 Å². The first-order valence-corrected chi connectivity index (χ1v) is 11.5. The first kappa shape index (κ1) is 24.5. The van der Waals surface area contributed by atoms with Crippen LogP contribution in [0.5, 0.6) is 0 Å². The first-order chi connectivity index (χ1) is 16.6. The quantitative estimate of drug-likeness (QED) is 0.341. The fraction of sp³-hybridized carbons (Fsp3) is 0.125. The zero-order valence-corrected chi connectivity index (χ0v) is 19.8. The Labute approximate surface area is 207 Å². The molecule has 0 spiro atoms. The van der Waals surface area contributed by atoms with Gasteiger partial charge in [-0.3, -0.25) is 9.59 Å². The Bertz CT molecular complexity index is 1360. The molecule has 0 aliphatic rings. The number of amides is 2. The highest BCUT2D eigenvalue weighted by molar-refractivity contribution is 7.13. The monoisotopic (exact) mass is 518 g/mol. The van der Waals surface area contributed by atoms with Crippen molar-refractivity contribution >= 4 is 40.4 Å². The molecule has 0 saturated heterocycles. The molecule has 2 heterocycles. The Morgan fingerprint density at radius 3 is 2.51 bits per heavy atom. The van der Waals surface area contributed by atoms with Gasteiger partial charge in [0.15, 0.2) is 0 Å². The van der Waals surface area contributed by atoms with Crippen molar-refractivity contribution in [2.75, 3.05) is 18.9 Å². The molecule has 0 radical (unpaired) electrons. The summed E-state index contributed by atoms with van der Waals surface area (Å²) in [6.45, 7) is -0.386. The lowest BCUT2D eigenvalue weighted by Gasteiger charge is -2.17. The molecule has 4 aromatic rings. The van der Waals surface area contributed by atoms with Gasteiger partial charge < -0.3 is 10.2 Å². The average molecular weight is 519 g/mol. The summed E-state index contributed by atoms with van der Waals surface area (Å²) in [6.07, 6.45) is -3.07. The molecule has 4 rings (SSSR count). The number of alkyl halides is 3. The van der Waals surface area contributed by atoms with E-state index >= 15 is 0 Å². The third kappa shape index (κ3) is 5.55. The summed E-state index contributed by atoms with van der Waals surface area (Å²) in [6, 6.07) is 16.0. The lowest BCUT2D eigenvalue weighted by atomic mass is 10.2. The molecule has 0 unspecified atom stereocenters. The van der Waals surface area contributed by atoms with Crippen molar-refractivity contribution < 1.29 is 22.8 Å². The van der Waals surface area contributed by atoms with Crippen LogP contribution in [0.4, 0.5) is 18.9 Å². The van der Waals surface area contributed by atoms with Crippen molar-refractivity contribution in [2.24, 2.45) is 0 Å². The second-order valence-corrected chi connectivity index (χ2v) is 8.91. The number of hydrogen-bond acceptors (Lipinski definition) is 4. The molecule has 0 aliphatic heterocycles. The number of nitrogens with zero attached hydrogens (tertiary/aromatic N) is 3. The van der Waals surface area contributed by atoms with Crippen LogP contribution in [0.2, 0.25) is 5.02 Å². The number of rotatable bonds is 6. The molecule has 0 atom stereocenters. The van der Waals surface area contributed by atoms with E-state index < -0.39 is 28.6 Å². The molecular weight excluding hydrogens is 501 g/mol.